The number of carbonyl (C=O) groups excluding carboxylic acids is 4. The average Bonchev–Trinajstić information content (AvgIpc) is 4.45. The number of fused-ring (bicyclic) bond motifs is 4. The Morgan fingerprint density at radius 2 is 0.963 bits per heavy atom. The second kappa shape index (κ2) is 24.3. The molecule has 0 spiro atoms. The van der Waals surface area contributed by atoms with Crippen molar-refractivity contribution in [1.29, 1.82) is 0 Å². The summed E-state index contributed by atoms with van der Waals surface area (Å²) in [6.07, 6.45) is 14.5. The van der Waals surface area contributed by atoms with E-state index in [0.29, 0.717) is 66.9 Å². The van der Waals surface area contributed by atoms with Crippen molar-refractivity contribution in [2.75, 3.05) is 36.8 Å². The lowest BCUT2D eigenvalue weighted by molar-refractivity contribution is -0.121. The first-order chi connectivity index (χ1) is 39.1. The van der Waals surface area contributed by atoms with Crippen molar-refractivity contribution in [2.24, 2.45) is 0 Å². The lowest BCUT2D eigenvalue weighted by Gasteiger charge is -2.26. The lowest BCUT2D eigenvalue weighted by atomic mass is 9.89. The molecule has 4 amide bonds. The third-order valence-corrected chi connectivity index (χ3v) is 18.1. The molecule has 82 heavy (non-hydrogen) atoms. The van der Waals surface area contributed by atoms with Crippen molar-refractivity contribution >= 4 is 81.4 Å². The van der Waals surface area contributed by atoms with E-state index in [1.807, 2.05) is 33.4 Å². The molecule has 2 fully saturated rings. The average molecular weight is 1190 g/mol. The molecule has 16 nitrogen and oxygen atoms in total. The molecule has 0 bridgehead atoms. The zero-order valence-electron chi connectivity index (χ0n) is 44.6. The molecule has 14 rings (SSSR count). The summed E-state index contributed by atoms with van der Waals surface area (Å²) < 4.78 is 35.2. The minimum atomic E-state index is -0.995. The number of hydrogen-bond donors (Lipinski definition) is 4. The van der Waals surface area contributed by atoms with Gasteiger partial charge in [0.1, 0.15) is 11.6 Å². The fourth-order valence-corrected chi connectivity index (χ4v) is 13.6. The monoisotopic (exact) mass is 1180 g/mol. The van der Waals surface area contributed by atoms with Crippen LogP contribution in [-0.4, -0.2) is 88.7 Å². The SMILES string of the molecule is Cl.Cl.O=C(Nc1nccs1)C(c1ncn2c1CCC2)N1Cc2c(F)cc(-c3ccc(C4CCNCC4)cc3)cc2C1=O.O=C(Nc1nccs1)C(c1ncn2c1CCC2)N1Cc2c(F)cc(-c3ccc(C4CCNCC4)cc3)cc2C1=O. The number of carbonyl (C=O) groups is 4. The molecule has 22 heteroatoms. The van der Waals surface area contributed by atoms with E-state index in [4.69, 9.17) is 0 Å². The number of anilines is 2. The fourth-order valence-electron chi connectivity index (χ4n) is 12.5. The minimum Gasteiger partial charge on any atom is -0.334 e. The number of hydrogen-bond acceptors (Lipinski definition) is 12. The summed E-state index contributed by atoms with van der Waals surface area (Å²) in [5.74, 6) is -1.39. The first-order valence-corrected chi connectivity index (χ1v) is 29.3. The van der Waals surface area contributed by atoms with Crippen molar-refractivity contribution in [1.82, 2.24) is 49.5 Å². The number of benzene rings is 4. The van der Waals surface area contributed by atoms with E-state index in [2.05, 4.69) is 65.5 Å². The molecule has 10 heterocycles. The predicted octanol–water partition coefficient (Wildman–Crippen LogP) is 10.6. The molecule has 2 unspecified atom stereocenters. The topological polar surface area (TPSA) is 184 Å². The van der Waals surface area contributed by atoms with Crippen LogP contribution >= 0.6 is 47.5 Å². The molecule has 4 N–H and O–H groups in total. The Hall–Kier alpha value is -7.20. The van der Waals surface area contributed by atoms with E-state index in [1.165, 1.54) is 55.7 Å². The standard InChI is InChI=1S/2C30H29FN6O2S.2ClH/c2*31-24-15-21(19-5-3-18(4-6-19)20-7-9-32-10-8-20)14-22-23(24)16-37(29(22)39)27(28(38)35-30-33-11-13-40-30)26-25-2-1-12-36(25)17-34-26;;/h2*3-6,11,13-15,17,20,27,32H,1-2,7-10,12,16H2,(H,33,35,38);2*1H. The van der Waals surface area contributed by atoms with Crippen LogP contribution in [0.4, 0.5) is 19.0 Å². The van der Waals surface area contributed by atoms with Gasteiger partial charge in [-0.15, -0.1) is 47.5 Å². The van der Waals surface area contributed by atoms with Gasteiger partial charge in [0, 0.05) is 69.9 Å². The van der Waals surface area contributed by atoms with Crippen molar-refractivity contribution in [3.63, 3.8) is 0 Å². The number of piperidine rings is 2. The highest BCUT2D eigenvalue weighted by Gasteiger charge is 2.44. The van der Waals surface area contributed by atoms with Crippen LogP contribution in [0.15, 0.2) is 109 Å². The molecule has 0 radical (unpaired) electrons. The molecule has 0 aliphatic carbocycles. The van der Waals surface area contributed by atoms with Crippen LogP contribution in [0.5, 0.6) is 0 Å². The van der Waals surface area contributed by atoms with Crippen molar-refractivity contribution in [3.8, 4) is 22.3 Å². The van der Waals surface area contributed by atoms with Crippen LogP contribution in [-0.2, 0) is 48.6 Å². The highest BCUT2D eigenvalue weighted by atomic mass is 35.5. The van der Waals surface area contributed by atoms with Crippen LogP contribution < -0.4 is 21.3 Å². The first kappa shape index (κ1) is 56.7. The Balaban J connectivity index is 0.000000168. The van der Waals surface area contributed by atoms with Gasteiger partial charge in [-0.25, -0.2) is 28.7 Å². The Bertz CT molecular complexity index is 3400. The second-order valence-electron chi connectivity index (χ2n) is 21.3. The molecule has 2 saturated heterocycles. The van der Waals surface area contributed by atoms with E-state index < -0.39 is 35.5 Å². The van der Waals surface area contributed by atoms with Gasteiger partial charge < -0.3 is 29.6 Å². The van der Waals surface area contributed by atoms with Crippen molar-refractivity contribution < 1.29 is 28.0 Å². The number of imidazole rings is 2. The summed E-state index contributed by atoms with van der Waals surface area (Å²) in [7, 11) is 0. The van der Waals surface area contributed by atoms with Gasteiger partial charge in [0.15, 0.2) is 22.3 Å². The lowest BCUT2D eigenvalue weighted by Crippen LogP contribution is -2.38. The summed E-state index contributed by atoms with van der Waals surface area (Å²) in [5, 5.41) is 16.9. The van der Waals surface area contributed by atoms with E-state index in [0.717, 1.165) is 113 Å². The van der Waals surface area contributed by atoms with Gasteiger partial charge in [-0.05, 0) is 147 Å². The maximum atomic E-state index is 15.6. The number of rotatable bonds is 12. The summed E-state index contributed by atoms with van der Waals surface area (Å²) in [6, 6.07) is 21.0. The van der Waals surface area contributed by atoms with Crippen molar-refractivity contribution in [3.05, 3.63) is 176 Å². The summed E-state index contributed by atoms with van der Waals surface area (Å²) in [5.41, 5.74) is 9.76. The van der Waals surface area contributed by atoms with Gasteiger partial charge in [-0.2, -0.15) is 0 Å². The van der Waals surface area contributed by atoms with Gasteiger partial charge in [0.2, 0.25) is 0 Å². The van der Waals surface area contributed by atoms with E-state index >= 15 is 8.78 Å². The molecule has 8 aromatic rings. The maximum Gasteiger partial charge on any atom is 0.255 e. The number of thiazole rings is 2. The van der Waals surface area contributed by atoms with E-state index in [-0.39, 0.29) is 49.7 Å². The Morgan fingerprint density at radius 3 is 1.34 bits per heavy atom. The third kappa shape index (κ3) is 11.0. The molecule has 6 aliphatic rings. The summed E-state index contributed by atoms with van der Waals surface area (Å²) in [6.45, 7) is 5.72. The molecule has 424 valence electrons. The molecule has 0 saturated carbocycles. The zero-order valence-corrected chi connectivity index (χ0v) is 47.9. The van der Waals surface area contributed by atoms with Gasteiger partial charge in [-0.1, -0.05) is 48.5 Å². The predicted molar refractivity (Wildman–Crippen MR) is 316 cm³/mol. The van der Waals surface area contributed by atoms with Gasteiger partial charge in [0.05, 0.1) is 37.1 Å². The normalized spacial score (nSPS) is 17.2. The number of halogens is 4. The van der Waals surface area contributed by atoms with Gasteiger partial charge in [0.25, 0.3) is 23.6 Å². The van der Waals surface area contributed by atoms with Crippen molar-refractivity contribution in [2.45, 2.75) is 101 Å². The summed E-state index contributed by atoms with van der Waals surface area (Å²) >= 11 is 2.60. The molecule has 6 aliphatic heterocycles. The Morgan fingerprint density at radius 1 is 0.561 bits per heavy atom. The highest BCUT2D eigenvalue weighted by molar-refractivity contribution is 7.14. The van der Waals surface area contributed by atoms with Crippen LogP contribution in [0.3, 0.4) is 0 Å². The highest BCUT2D eigenvalue weighted by Crippen LogP contribution is 2.41. The van der Waals surface area contributed by atoms with Crippen LogP contribution in [0.25, 0.3) is 22.3 Å². The first-order valence-electron chi connectivity index (χ1n) is 27.5. The van der Waals surface area contributed by atoms with Crippen LogP contribution in [0.2, 0.25) is 0 Å². The van der Waals surface area contributed by atoms with Crippen LogP contribution in [0, 0.1) is 11.6 Å². The molecule has 2 atom stereocenters. The largest absolute Gasteiger partial charge is 0.334 e. The zero-order chi connectivity index (χ0) is 54.4. The third-order valence-electron chi connectivity index (χ3n) is 16.7. The Kier molecular flexibility index (Phi) is 16.8. The van der Waals surface area contributed by atoms with Gasteiger partial charge >= 0.3 is 0 Å². The van der Waals surface area contributed by atoms with E-state index in [9.17, 15) is 19.2 Å². The smallest absolute Gasteiger partial charge is 0.255 e. The fraction of sp³-hybridized carbons (Fsp3) is 0.333. The number of aromatic nitrogens is 6. The quantitative estimate of drug-likeness (QED) is 0.0918. The van der Waals surface area contributed by atoms with Crippen LogP contribution in [0.1, 0.15) is 128 Å². The number of nitrogens with one attached hydrogen (secondary N) is 4. The molecule has 4 aromatic carbocycles. The number of aryl methyl sites for hydroxylation is 2. The maximum absolute atomic E-state index is 15.6. The minimum absolute atomic E-state index is 0. The summed E-state index contributed by atoms with van der Waals surface area (Å²) in [4.78, 5) is 75.4. The van der Waals surface area contributed by atoms with Gasteiger partial charge in [-0.3, -0.25) is 29.8 Å². The molecular formula is C60H60Cl2F2N12O4S2. The molecule has 4 aromatic heterocycles. The number of nitrogens with zero attached hydrogens (tertiary/aromatic N) is 8. The molecular weight excluding hydrogens is 1130 g/mol. The second-order valence-corrected chi connectivity index (χ2v) is 23.1. The Labute approximate surface area is 493 Å². The van der Waals surface area contributed by atoms with E-state index in [1.54, 1.807) is 47.9 Å². The number of amides is 4.